The summed E-state index contributed by atoms with van der Waals surface area (Å²) in [5.41, 5.74) is 4.87. The van der Waals surface area contributed by atoms with Gasteiger partial charge in [-0.05, 0) is 73.6 Å². The molecule has 0 radical (unpaired) electrons. The predicted octanol–water partition coefficient (Wildman–Crippen LogP) is 3.57. The Morgan fingerprint density at radius 3 is 2.54 bits per heavy atom. The smallest absolute Gasteiger partial charge is 0.318 e. The van der Waals surface area contributed by atoms with Crippen LogP contribution >= 0.6 is 0 Å². The highest BCUT2D eigenvalue weighted by Gasteiger charge is 2.48. The van der Waals surface area contributed by atoms with E-state index in [4.69, 9.17) is 9.84 Å². The number of methoxy groups -OCH3 is 1. The number of fused-ring (bicyclic) bond motifs is 1. The van der Waals surface area contributed by atoms with Crippen LogP contribution in [0, 0.1) is 11.8 Å². The van der Waals surface area contributed by atoms with Crippen molar-refractivity contribution in [3.8, 4) is 16.9 Å². The van der Waals surface area contributed by atoms with E-state index in [0.717, 1.165) is 33.6 Å². The second-order valence-electron chi connectivity index (χ2n) is 10.3. The lowest BCUT2D eigenvalue weighted by molar-refractivity contribution is -0.140. The molecule has 0 aromatic heterocycles. The van der Waals surface area contributed by atoms with Gasteiger partial charge in [0.1, 0.15) is 5.75 Å². The van der Waals surface area contributed by atoms with Crippen LogP contribution in [0.5, 0.6) is 5.75 Å². The molecular weight excluding hydrogens is 446 g/mol. The van der Waals surface area contributed by atoms with E-state index < -0.39 is 17.8 Å². The number of ether oxygens (including phenoxy) is 1. The molecule has 8 nitrogen and oxygen atoms in total. The lowest BCUT2D eigenvalue weighted by Gasteiger charge is -2.34. The van der Waals surface area contributed by atoms with Gasteiger partial charge in [0, 0.05) is 25.2 Å². The van der Waals surface area contributed by atoms with Crippen LogP contribution in [0.2, 0.25) is 0 Å². The third-order valence-corrected chi connectivity index (χ3v) is 6.56. The van der Waals surface area contributed by atoms with Crippen LogP contribution in [0.1, 0.15) is 43.9 Å². The highest BCUT2D eigenvalue weighted by Crippen LogP contribution is 2.39. The molecule has 1 saturated carbocycles. The van der Waals surface area contributed by atoms with Gasteiger partial charge in [0.15, 0.2) is 0 Å². The number of rotatable bonds is 6. The molecule has 0 spiro atoms. The number of carboxylic acid groups (broad SMARTS) is 1. The van der Waals surface area contributed by atoms with Crippen molar-refractivity contribution in [2.75, 3.05) is 13.7 Å². The van der Waals surface area contributed by atoms with Gasteiger partial charge in [0.05, 0.1) is 18.9 Å². The molecule has 0 bridgehead atoms. The molecule has 1 aliphatic heterocycles. The van der Waals surface area contributed by atoms with Gasteiger partial charge in [0.2, 0.25) is 5.91 Å². The number of nitrogens with one attached hydrogen (secondary N) is 2. The zero-order valence-electron chi connectivity index (χ0n) is 20.7. The molecule has 2 aromatic carbocycles. The summed E-state index contributed by atoms with van der Waals surface area (Å²) in [6.45, 7) is 7.16. The quantitative estimate of drug-likeness (QED) is 0.587. The van der Waals surface area contributed by atoms with Gasteiger partial charge in [-0.3, -0.25) is 9.59 Å². The summed E-state index contributed by atoms with van der Waals surface area (Å²) in [4.78, 5) is 38.3. The summed E-state index contributed by atoms with van der Waals surface area (Å²) in [6.07, 6.45) is 1.07. The Hall–Kier alpha value is -3.55. The van der Waals surface area contributed by atoms with Gasteiger partial charge in [0.25, 0.3) is 0 Å². The van der Waals surface area contributed by atoms with E-state index in [2.05, 4.69) is 16.7 Å². The number of hydrogen-bond donors (Lipinski definition) is 3. The molecule has 3 N–H and O–H groups in total. The summed E-state index contributed by atoms with van der Waals surface area (Å²) in [5.74, 6) is -1.44. The minimum atomic E-state index is -0.925. The summed E-state index contributed by atoms with van der Waals surface area (Å²) in [6, 6.07) is 11.8. The Bertz CT molecular complexity index is 1150. The average molecular weight is 480 g/mol. The SMILES string of the molecule is COc1cccc(-c2ccc(CNC(=O)[C@H]3C[C@@H]3C(=O)O)c3c2CCN(C(=O)NC(C)(C)C)C3)c1. The minimum absolute atomic E-state index is 0.118. The fourth-order valence-corrected chi connectivity index (χ4v) is 4.61. The maximum atomic E-state index is 12.9. The van der Waals surface area contributed by atoms with Crippen molar-refractivity contribution in [1.82, 2.24) is 15.5 Å². The molecule has 3 amide bonds. The van der Waals surface area contributed by atoms with E-state index in [9.17, 15) is 14.4 Å². The van der Waals surface area contributed by atoms with Crippen LogP contribution in [-0.2, 0) is 29.1 Å². The number of urea groups is 1. The summed E-state index contributed by atoms with van der Waals surface area (Å²) < 4.78 is 5.41. The molecule has 1 heterocycles. The van der Waals surface area contributed by atoms with Crippen molar-refractivity contribution in [3.63, 3.8) is 0 Å². The van der Waals surface area contributed by atoms with Crippen LogP contribution in [0.25, 0.3) is 11.1 Å². The van der Waals surface area contributed by atoms with Gasteiger partial charge in [-0.1, -0.05) is 24.3 Å². The highest BCUT2D eigenvalue weighted by atomic mass is 16.5. The van der Waals surface area contributed by atoms with Crippen molar-refractivity contribution in [1.29, 1.82) is 0 Å². The third-order valence-electron chi connectivity index (χ3n) is 6.56. The van der Waals surface area contributed by atoms with Crippen molar-refractivity contribution in [2.24, 2.45) is 11.8 Å². The molecule has 1 fully saturated rings. The first-order valence-electron chi connectivity index (χ1n) is 11.9. The zero-order chi connectivity index (χ0) is 25.3. The molecule has 1 aliphatic carbocycles. The van der Waals surface area contributed by atoms with E-state index in [1.54, 1.807) is 12.0 Å². The van der Waals surface area contributed by atoms with Crippen LogP contribution in [0.3, 0.4) is 0 Å². The fourth-order valence-electron chi connectivity index (χ4n) is 4.61. The maximum Gasteiger partial charge on any atom is 0.318 e. The lowest BCUT2D eigenvalue weighted by Crippen LogP contribution is -2.50. The number of nitrogens with zero attached hydrogens (tertiary/aromatic N) is 1. The van der Waals surface area contributed by atoms with E-state index in [0.29, 0.717) is 25.9 Å². The number of amides is 3. The van der Waals surface area contributed by atoms with Crippen LogP contribution in [-0.4, -0.2) is 47.1 Å². The van der Waals surface area contributed by atoms with Crippen molar-refractivity contribution in [2.45, 2.75) is 52.2 Å². The van der Waals surface area contributed by atoms with Gasteiger partial charge in [-0.15, -0.1) is 0 Å². The van der Waals surface area contributed by atoms with E-state index >= 15 is 0 Å². The largest absolute Gasteiger partial charge is 0.497 e. The van der Waals surface area contributed by atoms with Crippen molar-refractivity contribution < 1.29 is 24.2 Å². The van der Waals surface area contributed by atoms with E-state index in [1.165, 1.54) is 0 Å². The fraction of sp³-hybridized carbons (Fsp3) is 0.444. The van der Waals surface area contributed by atoms with Gasteiger partial charge >= 0.3 is 12.0 Å². The number of carbonyl (C=O) groups excluding carboxylic acids is 2. The number of carbonyl (C=O) groups is 3. The molecule has 2 aromatic rings. The minimum Gasteiger partial charge on any atom is -0.497 e. The number of hydrogen-bond acceptors (Lipinski definition) is 4. The normalized spacial score (nSPS) is 18.9. The third kappa shape index (κ3) is 5.58. The van der Waals surface area contributed by atoms with Gasteiger partial charge in [-0.2, -0.15) is 0 Å². The molecule has 2 atom stereocenters. The van der Waals surface area contributed by atoms with E-state index in [1.807, 2.05) is 51.1 Å². The van der Waals surface area contributed by atoms with E-state index in [-0.39, 0.29) is 24.0 Å². The Morgan fingerprint density at radius 2 is 1.89 bits per heavy atom. The van der Waals surface area contributed by atoms with Crippen molar-refractivity contribution >= 4 is 17.9 Å². The van der Waals surface area contributed by atoms with Gasteiger partial charge in [-0.25, -0.2) is 4.79 Å². The Balaban J connectivity index is 1.62. The molecular formula is C27H33N3O5. The maximum absolute atomic E-state index is 12.9. The molecule has 0 saturated heterocycles. The Morgan fingerprint density at radius 1 is 1.11 bits per heavy atom. The molecule has 4 rings (SSSR count). The number of benzene rings is 2. The standard InChI is InChI=1S/C27H33N3O5/c1-27(2,3)29-26(34)30-11-10-20-19(16-6-5-7-18(12-16)35-4)9-8-17(23(20)15-30)14-28-24(31)21-13-22(21)25(32)33/h5-9,12,21-22H,10-11,13-15H2,1-4H3,(H,28,31)(H,29,34)(H,32,33)/t21-,22-/m0/s1. The second-order valence-corrected chi connectivity index (χ2v) is 10.3. The summed E-state index contributed by atoms with van der Waals surface area (Å²) in [7, 11) is 1.64. The predicted molar refractivity (Wildman–Crippen MR) is 132 cm³/mol. The average Bonchev–Trinajstić information content (AvgIpc) is 3.62. The van der Waals surface area contributed by atoms with Crippen molar-refractivity contribution in [3.05, 3.63) is 53.1 Å². The highest BCUT2D eigenvalue weighted by molar-refractivity contribution is 5.89. The molecule has 2 aliphatic rings. The first-order chi connectivity index (χ1) is 16.6. The van der Waals surface area contributed by atoms with Crippen LogP contribution in [0.4, 0.5) is 4.79 Å². The van der Waals surface area contributed by atoms with Gasteiger partial charge < -0.3 is 25.4 Å². The first kappa shape index (κ1) is 24.6. The first-order valence-corrected chi connectivity index (χ1v) is 11.9. The Labute approximate surface area is 205 Å². The molecule has 0 unspecified atom stereocenters. The monoisotopic (exact) mass is 479 g/mol. The van der Waals surface area contributed by atoms with Crippen LogP contribution < -0.4 is 15.4 Å². The molecule has 8 heteroatoms. The van der Waals surface area contributed by atoms with Crippen LogP contribution in [0.15, 0.2) is 36.4 Å². The summed E-state index contributed by atoms with van der Waals surface area (Å²) >= 11 is 0. The number of aliphatic carboxylic acids is 1. The number of carboxylic acids is 1. The Kier molecular flexibility index (Phi) is 6.74. The zero-order valence-corrected chi connectivity index (χ0v) is 20.7. The molecule has 186 valence electrons. The summed E-state index contributed by atoms with van der Waals surface area (Å²) in [5, 5.41) is 15.1. The lowest BCUT2D eigenvalue weighted by atomic mass is 9.87. The molecule has 35 heavy (non-hydrogen) atoms. The second kappa shape index (κ2) is 9.60. The topological polar surface area (TPSA) is 108 Å².